The van der Waals surface area contributed by atoms with Crippen LogP contribution in [0.4, 0.5) is 0 Å². The molecule has 1 aromatic rings. The number of fused-ring (bicyclic) bond motifs is 2. The SMILES string of the molecule is C[C@@]1(CO)C2CCC(C[C@@H]1c1cccc(Cl)c1)N2. The zero-order valence-corrected chi connectivity index (χ0v) is 11.5. The summed E-state index contributed by atoms with van der Waals surface area (Å²) < 4.78 is 0. The van der Waals surface area contributed by atoms with Gasteiger partial charge in [-0.1, -0.05) is 30.7 Å². The van der Waals surface area contributed by atoms with Crippen molar-refractivity contribution in [2.24, 2.45) is 5.41 Å². The van der Waals surface area contributed by atoms with E-state index in [0.717, 1.165) is 11.4 Å². The summed E-state index contributed by atoms with van der Waals surface area (Å²) in [6.07, 6.45) is 3.52. The Balaban J connectivity index is 1.99. The summed E-state index contributed by atoms with van der Waals surface area (Å²) in [4.78, 5) is 0. The summed E-state index contributed by atoms with van der Waals surface area (Å²) in [6.45, 7) is 2.44. The van der Waals surface area contributed by atoms with Gasteiger partial charge in [0.1, 0.15) is 0 Å². The van der Waals surface area contributed by atoms with Gasteiger partial charge in [0.25, 0.3) is 0 Å². The van der Waals surface area contributed by atoms with Crippen molar-refractivity contribution in [3.05, 3.63) is 34.9 Å². The van der Waals surface area contributed by atoms with E-state index in [1.165, 1.54) is 18.4 Å². The molecule has 4 atom stereocenters. The molecule has 2 bridgehead atoms. The molecule has 2 N–H and O–H groups in total. The Morgan fingerprint density at radius 1 is 1.44 bits per heavy atom. The molecule has 0 aliphatic carbocycles. The zero-order valence-electron chi connectivity index (χ0n) is 10.7. The number of hydrogen-bond acceptors (Lipinski definition) is 2. The standard InChI is InChI=1S/C15H20ClNO/c1-15(9-18)13(8-12-5-6-14(15)17-12)10-3-2-4-11(16)7-10/h2-4,7,12-14,17-18H,5-6,8-9H2,1H3/t12?,13-,14?,15+/m1/s1. The number of benzene rings is 1. The molecule has 2 unspecified atom stereocenters. The van der Waals surface area contributed by atoms with Crippen molar-refractivity contribution in [2.45, 2.75) is 44.2 Å². The fourth-order valence-corrected chi connectivity index (χ4v) is 3.98. The predicted octanol–water partition coefficient (Wildman–Crippen LogP) is 2.95. The summed E-state index contributed by atoms with van der Waals surface area (Å²) in [5, 5.41) is 14.3. The molecule has 2 saturated heterocycles. The summed E-state index contributed by atoms with van der Waals surface area (Å²) in [5.74, 6) is 0.403. The molecule has 2 heterocycles. The van der Waals surface area contributed by atoms with Crippen LogP contribution in [-0.2, 0) is 0 Å². The molecule has 1 aromatic carbocycles. The van der Waals surface area contributed by atoms with Crippen molar-refractivity contribution in [3.8, 4) is 0 Å². The smallest absolute Gasteiger partial charge is 0.0505 e. The third-order valence-electron chi connectivity index (χ3n) is 4.94. The second-order valence-electron chi connectivity index (χ2n) is 6.00. The minimum absolute atomic E-state index is 0.0717. The van der Waals surface area contributed by atoms with Crippen molar-refractivity contribution in [2.75, 3.05) is 6.61 Å². The zero-order chi connectivity index (χ0) is 12.8. The van der Waals surface area contributed by atoms with Crippen molar-refractivity contribution in [1.29, 1.82) is 0 Å². The second-order valence-corrected chi connectivity index (χ2v) is 6.44. The number of piperidine rings is 1. The maximum absolute atomic E-state index is 9.90. The molecular formula is C15H20ClNO. The third-order valence-corrected chi connectivity index (χ3v) is 5.18. The topological polar surface area (TPSA) is 32.3 Å². The van der Waals surface area contributed by atoms with E-state index in [2.05, 4.69) is 24.4 Å². The van der Waals surface area contributed by atoms with Gasteiger partial charge in [-0.25, -0.2) is 0 Å². The lowest BCUT2D eigenvalue weighted by Crippen LogP contribution is -2.53. The number of nitrogens with one attached hydrogen (secondary N) is 1. The summed E-state index contributed by atoms with van der Waals surface area (Å²) >= 11 is 6.11. The number of aliphatic hydroxyl groups excluding tert-OH is 1. The molecule has 2 nitrogen and oxygen atoms in total. The van der Waals surface area contributed by atoms with E-state index in [4.69, 9.17) is 11.6 Å². The molecular weight excluding hydrogens is 246 g/mol. The Bertz CT molecular complexity index is 450. The van der Waals surface area contributed by atoms with Gasteiger partial charge in [0.05, 0.1) is 6.61 Å². The predicted molar refractivity (Wildman–Crippen MR) is 73.9 cm³/mol. The van der Waals surface area contributed by atoms with Crippen LogP contribution >= 0.6 is 11.6 Å². The molecule has 3 heteroatoms. The van der Waals surface area contributed by atoms with Gasteiger partial charge in [-0.05, 0) is 42.9 Å². The molecule has 0 aromatic heterocycles. The number of aliphatic hydroxyl groups is 1. The monoisotopic (exact) mass is 265 g/mol. The second kappa shape index (κ2) is 4.52. The van der Waals surface area contributed by atoms with Crippen LogP contribution in [0.3, 0.4) is 0 Å². The van der Waals surface area contributed by atoms with Crippen molar-refractivity contribution < 1.29 is 5.11 Å². The van der Waals surface area contributed by atoms with Crippen molar-refractivity contribution >= 4 is 11.6 Å². The van der Waals surface area contributed by atoms with Gasteiger partial charge in [0.2, 0.25) is 0 Å². The van der Waals surface area contributed by atoms with Crippen LogP contribution in [0.25, 0.3) is 0 Å². The molecule has 0 amide bonds. The maximum Gasteiger partial charge on any atom is 0.0505 e. The number of rotatable bonds is 2. The van der Waals surface area contributed by atoms with E-state index in [9.17, 15) is 5.11 Å². The highest BCUT2D eigenvalue weighted by Gasteiger charge is 2.49. The molecule has 0 spiro atoms. The first kappa shape index (κ1) is 12.5. The highest BCUT2D eigenvalue weighted by molar-refractivity contribution is 6.30. The quantitative estimate of drug-likeness (QED) is 0.862. The fraction of sp³-hybridized carbons (Fsp3) is 0.600. The Hall–Kier alpha value is -0.570. The van der Waals surface area contributed by atoms with Gasteiger partial charge >= 0.3 is 0 Å². The Morgan fingerprint density at radius 3 is 3.00 bits per heavy atom. The van der Waals surface area contributed by atoms with Gasteiger partial charge in [-0.3, -0.25) is 0 Å². The summed E-state index contributed by atoms with van der Waals surface area (Å²) in [6, 6.07) is 9.18. The van der Waals surface area contributed by atoms with Crippen LogP contribution in [0.2, 0.25) is 5.02 Å². The van der Waals surface area contributed by atoms with Gasteiger partial charge in [-0.2, -0.15) is 0 Å². The molecule has 98 valence electrons. The summed E-state index contributed by atoms with van der Waals surface area (Å²) in [5.41, 5.74) is 1.20. The average Bonchev–Trinajstić information content (AvgIpc) is 2.79. The van der Waals surface area contributed by atoms with Gasteiger partial charge < -0.3 is 10.4 Å². The first-order valence-electron chi connectivity index (χ1n) is 6.76. The van der Waals surface area contributed by atoms with E-state index >= 15 is 0 Å². The lowest BCUT2D eigenvalue weighted by molar-refractivity contribution is 0.0517. The Morgan fingerprint density at radius 2 is 2.28 bits per heavy atom. The molecule has 18 heavy (non-hydrogen) atoms. The normalized spacial score (nSPS) is 38.9. The number of hydrogen-bond donors (Lipinski definition) is 2. The highest BCUT2D eigenvalue weighted by atomic mass is 35.5. The van der Waals surface area contributed by atoms with Gasteiger partial charge in [0, 0.05) is 22.5 Å². The molecule has 2 fully saturated rings. The van der Waals surface area contributed by atoms with E-state index in [1.54, 1.807) is 0 Å². The molecule has 2 aliphatic heterocycles. The van der Waals surface area contributed by atoms with E-state index < -0.39 is 0 Å². The van der Waals surface area contributed by atoms with Crippen LogP contribution < -0.4 is 5.32 Å². The van der Waals surface area contributed by atoms with Crippen molar-refractivity contribution in [3.63, 3.8) is 0 Å². The lowest BCUT2D eigenvalue weighted by atomic mass is 9.66. The van der Waals surface area contributed by atoms with Crippen LogP contribution in [0.15, 0.2) is 24.3 Å². The van der Waals surface area contributed by atoms with Gasteiger partial charge in [-0.15, -0.1) is 0 Å². The largest absolute Gasteiger partial charge is 0.396 e. The highest BCUT2D eigenvalue weighted by Crippen LogP contribution is 2.49. The van der Waals surface area contributed by atoms with Crippen LogP contribution in [0.1, 0.15) is 37.7 Å². The number of halogens is 1. The van der Waals surface area contributed by atoms with Gasteiger partial charge in [0.15, 0.2) is 0 Å². The lowest BCUT2D eigenvalue weighted by Gasteiger charge is -2.46. The van der Waals surface area contributed by atoms with E-state index in [-0.39, 0.29) is 12.0 Å². The molecule has 0 saturated carbocycles. The molecule has 0 radical (unpaired) electrons. The van der Waals surface area contributed by atoms with E-state index in [1.807, 2.05) is 12.1 Å². The van der Waals surface area contributed by atoms with Crippen LogP contribution in [0, 0.1) is 5.41 Å². The fourth-order valence-electron chi connectivity index (χ4n) is 3.78. The maximum atomic E-state index is 9.90. The third kappa shape index (κ3) is 1.87. The Kier molecular flexibility index (Phi) is 3.13. The van der Waals surface area contributed by atoms with Crippen LogP contribution in [0.5, 0.6) is 0 Å². The van der Waals surface area contributed by atoms with Crippen molar-refractivity contribution in [1.82, 2.24) is 5.32 Å². The first-order chi connectivity index (χ1) is 8.63. The Labute approximate surface area is 113 Å². The average molecular weight is 266 g/mol. The summed E-state index contributed by atoms with van der Waals surface area (Å²) in [7, 11) is 0. The minimum Gasteiger partial charge on any atom is -0.396 e. The van der Waals surface area contributed by atoms with Crippen LogP contribution in [-0.4, -0.2) is 23.8 Å². The first-order valence-corrected chi connectivity index (χ1v) is 7.13. The van der Waals surface area contributed by atoms with E-state index in [0.29, 0.717) is 18.0 Å². The molecule has 3 rings (SSSR count). The minimum atomic E-state index is -0.0717. The molecule has 2 aliphatic rings.